The summed E-state index contributed by atoms with van der Waals surface area (Å²) < 4.78 is 78.1. The maximum Gasteiger partial charge on any atom is 0.422 e. The molecule has 1 atom stereocenters. The number of hydrogen-bond donors (Lipinski definition) is 1. The summed E-state index contributed by atoms with van der Waals surface area (Å²) in [6.45, 7) is 0.281. The van der Waals surface area contributed by atoms with Crippen molar-refractivity contribution in [1.82, 2.24) is 9.55 Å². The van der Waals surface area contributed by atoms with Crippen LogP contribution in [0, 0.1) is 0 Å². The molecule has 0 aliphatic heterocycles. The number of aromatic nitrogens is 2. The molecule has 3 aromatic rings. The van der Waals surface area contributed by atoms with Gasteiger partial charge in [0.2, 0.25) is 0 Å². The Kier molecular flexibility index (Phi) is 7.48. The lowest BCUT2D eigenvalue weighted by molar-refractivity contribution is -0.161. The maximum atomic E-state index is 12.9. The van der Waals surface area contributed by atoms with Gasteiger partial charge in [0.15, 0.2) is 18.1 Å². The highest BCUT2D eigenvalue weighted by Crippen LogP contribution is 2.33. The Balaban J connectivity index is 2.16. The van der Waals surface area contributed by atoms with Gasteiger partial charge in [-0.3, -0.25) is 4.57 Å². The molecule has 0 aliphatic rings. The fraction of sp³-hybridized carbons (Fsp3) is 0.364. The van der Waals surface area contributed by atoms with E-state index in [4.69, 9.17) is 9.47 Å². The molecule has 0 fully saturated rings. The van der Waals surface area contributed by atoms with E-state index in [9.17, 15) is 31.2 Å². The number of halogens is 3. The van der Waals surface area contributed by atoms with Crippen molar-refractivity contribution < 1.29 is 40.6 Å². The third kappa shape index (κ3) is 6.35. The zero-order chi connectivity index (χ0) is 26.0. The largest absolute Gasteiger partial charge is 0.493 e. The highest BCUT2D eigenvalue weighted by molar-refractivity contribution is 7.90. The van der Waals surface area contributed by atoms with Gasteiger partial charge in [0.25, 0.3) is 0 Å². The second-order valence-corrected chi connectivity index (χ2v) is 9.86. The van der Waals surface area contributed by atoms with Crippen LogP contribution in [0.1, 0.15) is 28.9 Å². The summed E-state index contributed by atoms with van der Waals surface area (Å²) in [4.78, 5) is 27.6. The number of aromatic amines is 1. The predicted octanol–water partition coefficient (Wildman–Crippen LogP) is 3.09. The fourth-order valence-corrected chi connectivity index (χ4v) is 4.48. The number of benzene rings is 2. The minimum absolute atomic E-state index is 0.110. The van der Waals surface area contributed by atoms with Gasteiger partial charge in [0, 0.05) is 6.26 Å². The molecular weight excluding hydrogens is 493 g/mol. The van der Waals surface area contributed by atoms with Gasteiger partial charge >= 0.3 is 17.8 Å². The minimum atomic E-state index is -4.71. The number of methoxy groups -OCH3 is 1. The van der Waals surface area contributed by atoms with Gasteiger partial charge in [-0.1, -0.05) is 6.07 Å². The van der Waals surface area contributed by atoms with Gasteiger partial charge in [0.1, 0.15) is 9.84 Å². The van der Waals surface area contributed by atoms with Crippen LogP contribution in [0.25, 0.3) is 11.0 Å². The Hall–Kier alpha value is -3.48. The number of carbonyl (C=O) groups is 1. The summed E-state index contributed by atoms with van der Waals surface area (Å²) in [5.74, 6) is -1.00. The highest BCUT2D eigenvalue weighted by atomic mass is 32.2. The summed E-state index contributed by atoms with van der Waals surface area (Å²) in [7, 11) is -2.20. The number of rotatable bonds is 9. The van der Waals surface area contributed by atoms with Gasteiger partial charge < -0.3 is 19.2 Å². The molecule has 1 heterocycles. The van der Waals surface area contributed by atoms with E-state index in [1.807, 2.05) is 0 Å². The van der Waals surface area contributed by atoms with E-state index < -0.39 is 46.1 Å². The molecule has 0 amide bonds. The van der Waals surface area contributed by atoms with Crippen LogP contribution >= 0.6 is 0 Å². The lowest BCUT2D eigenvalue weighted by Gasteiger charge is -2.20. The van der Waals surface area contributed by atoms with Crippen molar-refractivity contribution in [1.29, 1.82) is 0 Å². The number of ether oxygens (including phenoxy) is 3. The minimum Gasteiger partial charge on any atom is -0.493 e. The number of hydrogen-bond acceptors (Lipinski definition) is 7. The van der Waals surface area contributed by atoms with E-state index >= 15 is 0 Å². The van der Waals surface area contributed by atoms with Crippen molar-refractivity contribution in [3.05, 3.63) is 58.0 Å². The Labute approximate surface area is 198 Å². The molecule has 3 rings (SSSR count). The number of H-pyrrole nitrogens is 1. The lowest BCUT2D eigenvalue weighted by Crippen LogP contribution is -2.28. The van der Waals surface area contributed by atoms with Gasteiger partial charge in [-0.15, -0.1) is 0 Å². The van der Waals surface area contributed by atoms with Crippen LogP contribution in [0.5, 0.6) is 11.5 Å². The highest BCUT2D eigenvalue weighted by Gasteiger charge is 2.30. The second-order valence-electron chi connectivity index (χ2n) is 7.67. The monoisotopic (exact) mass is 516 g/mol. The lowest BCUT2D eigenvalue weighted by atomic mass is 10.1. The first kappa shape index (κ1) is 26.1. The molecule has 0 radical (unpaired) electrons. The van der Waals surface area contributed by atoms with Crippen molar-refractivity contribution in [2.45, 2.75) is 19.1 Å². The molecule has 0 spiro atoms. The average Bonchev–Trinajstić information content (AvgIpc) is 3.09. The molecule has 1 N–H and O–H groups in total. The number of nitrogens with zero attached hydrogens (tertiary/aromatic N) is 1. The topological polar surface area (TPSA) is 117 Å². The third-order valence-corrected chi connectivity index (χ3v) is 5.89. The molecule has 0 saturated carbocycles. The number of fused-ring (bicyclic) bond motifs is 1. The summed E-state index contributed by atoms with van der Waals surface area (Å²) in [5, 5.41) is 0. The van der Waals surface area contributed by atoms with Crippen LogP contribution in [0.3, 0.4) is 0 Å². The average molecular weight is 516 g/mol. The normalized spacial score (nSPS) is 13.0. The second kappa shape index (κ2) is 10.0. The molecule has 0 aliphatic carbocycles. The third-order valence-electron chi connectivity index (χ3n) is 4.96. The van der Waals surface area contributed by atoms with E-state index in [1.165, 1.54) is 25.3 Å². The van der Waals surface area contributed by atoms with Crippen molar-refractivity contribution in [3.8, 4) is 11.5 Å². The number of esters is 1. The molecule has 0 bridgehead atoms. The first-order chi connectivity index (χ1) is 16.3. The van der Waals surface area contributed by atoms with E-state index in [0.717, 1.165) is 10.8 Å². The van der Waals surface area contributed by atoms with E-state index in [0.29, 0.717) is 23.7 Å². The van der Waals surface area contributed by atoms with Crippen LogP contribution in [0.2, 0.25) is 0 Å². The molecule has 9 nitrogen and oxygen atoms in total. The Bertz CT molecular complexity index is 1390. The summed E-state index contributed by atoms with van der Waals surface area (Å²) in [5.41, 5.74) is -0.161. The first-order valence-corrected chi connectivity index (χ1v) is 12.4. The molecule has 13 heteroatoms. The summed E-state index contributed by atoms with van der Waals surface area (Å²) >= 11 is 0. The SMILES string of the molecule is CCOc1cc([C@@H](CS(C)(=O)=O)n2c(=O)[nH]c3ccc(C(=O)OCC(F)(F)F)cc32)ccc1OC. The van der Waals surface area contributed by atoms with Gasteiger partial charge in [0.05, 0.1) is 42.1 Å². The summed E-state index contributed by atoms with van der Waals surface area (Å²) in [6.07, 6.45) is -3.70. The van der Waals surface area contributed by atoms with Crippen LogP contribution in [0.4, 0.5) is 13.2 Å². The van der Waals surface area contributed by atoms with E-state index in [1.54, 1.807) is 25.1 Å². The smallest absolute Gasteiger partial charge is 0.422 e. The quantitative estimate of drug-likeness (QED) is 0.435. The molecule has 0 saturated heterocycles. The van der Waals surface area contributed by atoms with Crippen molar-refractivity contribution in [3.63, 3.8) is 0 Å². The number of nitrogens with one attached hydrogen (secondary N) is 1. The zero-order valence-electron chi connectivity index (χ0n) is 19.0. The van der Waals surface area contributed by atoms with Crippen LogP contribution in [-0.2, 0) is 14.6 Å². The number of imidazole rings is 1. The number of carbonyl (C=O) groups excluding carboxylic acids is 1. The van der Waals surface area contributed by atoms with Crippen LogP contribution in [0.15, 0.2) is 41.2 Å². The molecule has 0 unspecified atom stereocenters. The first-order valence-electron chi connectivity index (χ1n) is 10.3. The predicted molar refractivity (Wildman–Crippen MR) is 121 cm³/mol. The van der Waals surface area contributed by atoms with Crippen LogP contribution in [-0.4, -0.2) is 62.4 Å². The number of sulfone groups is 1. The van der Waals surface area contributed by atoms with Gasteiger partial charge in [-0.2, -0.15) is 13.2 Å². The standard InChI is InChI=1S/C22H23F3N2O7S/c1-4-33-19-10-13(6-8-18(19)32-2)17(11-35(3,30)31)27-16-9-14(5-7-15(16)26-21(27)29)20(28)34-12-22(23,24)25/h5-10,17H,4,11-12H2,1-3H3,(H,26,29)/t17-/m1/s1. The van der Waals surface area contributed by atoms with Gasteiger partial charge in [-0.05, 0) is 42.8 Å². The van der Waals surface area contributed by atoms with Crippen molar-refractivity contribution >= 4 is 26.8 Å². The molecule has 1 aromatic heterocycles. The van der Waals surface area contributed by atoms with Crippen LogP contribution < -0.4 is 15.2 Å². The number of alkyl halides is 3. The van der Waals surface area contributed by atoms with E-state index in [-0.39, 0.29) is 16.6 Å². The van der Waals surface area contributed by atoms with Crippen molar-refractivity contribution in [2.24, 2.45) is 0 Å². The van der Waals surface area contributed by atoms with E-state index in [2.05, 4.69) is 9.72 Å². The molecule has 35 heavy (non-hydrogen) atoms. The Morgan fingerprint density at radius 2 is 1.86 bits per heavy atom. The van der Waals surface area contributed by atoms with Crippen molar-refractivity contribution in [2.75, 3.05) is 32.3 Å². The molecule has 190 valence electrons. The maximum absolute atomic E-state index is 12.9. The zero-order valence-corrected chi connectivity index (χ0v) is 19.8. The Morgan fingerprint density at radius 3 is 2.46 bits per heavy atom. The molecular formula is C22H23F3N2O7S. The molecule has 2 aromatic carbocycles. The van der Waals surface area contributed by atoms with Gasteiger partial charge in [-0.25, -0.2) is 18.0 Å². The summed E-state index contributed by atoms with van der Waals surface area (Å²) in [6, 6.07) is 7.33. The Morgan fingerprint density at radius 1 is 1.14 bits per heavy atom. The fourth-order valence-electron chi connectivity index (χ4n) is 3.56.